The van der Waals surface area contributed by atoms with Gasteiger partial charge in [0.05, 0.1) is 17.8 Å². The highest BCUT2D eigenvalue weighted by molar-refractivity contribution is 5.82. The van der Waals surface area contributed by atoms with Gasteiger partial charge >= 0.3 is 0 Å². The first-order chi connectivity index (χ1) is 10.2. The predicted octanol–water partition coefficient (Wildman–Crippen LogP) is 3.58. The normalized spacial score (nSPS) is 11.4. The molecule has 3 aromatic rings. The largest absolute Gasteiger partial charge is 0.309 e. The Balaban J connectivity index is 1.95. The summed E-state index contributed by atoms with van der Waals surface area (Å²) in [6, 6.07) is 19.4. The summed E-state index contributed by atoms with van der Waals surface area (Å²) in [6.45, 7) is 5.93. The number of nitrogens with zero attached hydrogens (tertiary/aromatic N) is 2. The highest BCUT2D eigenvalue weighted by Crippen LogP contribution is 2.19. The molecular formula is C18H21N3. The molecule has 0 bridgehead atoms. The van der Waals surface area contributed by atoms with Crippen LogP contribution in [0.4, 0.5) is 0 Å². The van der Waals surface area contributed by atoms with Crippen molar-refractivity contribution in [2.45, 2.75) is 33.0 Å². The molecule has 0 aliphatic carbocycles. The van der Waals surface area contributed by atoms with E-state index in [0.717, 1.165) is 18.8 Å². The Kier molecular flexibility index (Phi) is 4.02. The molecule has 0 spiro atoms. The lowest BCUT2D eigenvalue weighted by atomic mass is 10.2. The zero-order valence-electron chi connectivity index (χ0n) is 12.6. The molecule has 0 radical (unpaired) electrons. The number of rotatable bonds is 5. The van der Waals surface area contributed by atoms with Crippen LogP contribution >= 0.6 is 0 Å². The average molecular weight is 279 g/mol. The molecule has 3 rings (SSSR count). The Hall–Kier alpha value is -2.13. The van der Waals surface area contributed by atoms with Crippen molar-refractivity contribution in [1.82, 2.24) is 15.1 Å². The van der Waals surface area contributed by atoms with Gasteiger partial charge in [0.25, 0.3) is 0 Å². The fourth-order valence-electron chi connectivity index (χ4n) is 2.50. The molecule has 2 aromatic carbocycles. The molecule has 0 aliphatic heterocycles. The number of benzene rings is 2. The maximum absolute atomic E-state index is 4.81. The van der Waals surface area contributed by atoms with Crippen LogP contribution in [0, 0.1) is 0 Å². The van der Waals surface area contributed by atoms with Crippen molar-refractivity contribution < 1.29 is 0 Å². The number of hydrogen-bond acceptors (Lipinski definition) is 2. The molecule has 0 fully saturated rings. The third-order valence-corrected chi connectivity index (χ3v) is 3.59. The van der Waals surface area contributed by atoms with Gasteiger partial charge in [0.1, 0.15) is 0 Å². The third-order valence-electron chi connectivity index (χ3n) is 3.59. The number of nitrogens with one attached hydrogen (secondary N) is 1. The molecule has 0 aliphatic rings. The van der Waals surface area contributed by atoms with E-state index in [1.165, 1.54) is 16.5 Å². The Bertz CT molecular complexity index is 714. The van der Waals surface area contributed by atoms with Gasteiger partial charge < -0.3 is 5.32 Å². The Morgan fingerprint density at radius 2 is 1.71 bits per heavy atom. The molecule has 1 N–H and O–H groups in total. The van der Waals surface area contributed by atoms with Crippen molar-refractivity contribution in [1.29, 1.82) is 0 Å². The Morgan fingerprint density at radius 1 is 1.00 bits per heavy atom. The van der Waals surface area contributed by atoms with Crippen LogP contribution in [0.15, 0.2) is 54.6 Å². The van der Waals surface area contributed by atoms with E-state index in [2.05, 4.69) is 72.4 Å². The predicted molar refractivity (Wildman–Crippen MR) is 87.3 cm³/mol. The van der Waals surface area contributed by atoms with Gasteiger partial charge in [-0.05, 0) is 11.6 Å². The summed E-state index contributed by atoms with van der Waals surface area (Å²) < 4.78 is 2.10. The molecular weight excluding hydrogens is 258 g/mol. The minimum absolute atomic E-state index is 0.461. The standard InChI is InChI=1S/C18H21N3/c1-14(2)19-12-17-16-10-6-7-11-18(16)21(20-17)13-15-8-4-3-5-9-15/h3-11,14,19H,12-13H2,1-2H3. The van der Waals surface area contributed by atoms with Gasteiger partial charge in [0.2, 0.25) is 0 Å². The van der Waals surface area contributed by atoms with Gasteiger partial charge in [-0.25, -0.2) is 0 Å². The molecule has 1 aromatic heterocycles. The summed E-state index contributed by atoms with van der Waals surface area (Å²) in [5, 5.41) is 9.50. The van der Waals surface area contributed by atoms with Gasteiger partial charge in [-0.1, -0.05) is 62.4 Å². The minimum Gasteiger partial charge on any atom is -0.309 e. The summed E-state index contributed by atoms with van der Waals surface area (Å²) in [5.41, 5.74) is 3.59. The van der Waals surface area contributed by atoms with Gasteiger partial charge in [-0.3, -0.25) is 4.68 Å². The van der Waals surface area contributed by atoms with E-state index in [9.17, 15) is 0 Å². The van der Waals surface area contributed by atoms with Gasteiger partial charge in [0.15, 0.2) is 0 Å². The molecule has 0 saturated carbocycles. The van der Waals surface area contributed by atoms with Crippen LogP contribution < -0.4 is 5.32 Å². The molecule has 0 unspecified atom stereocenters. The Morgan fingerprint density at radius 3 is 2.48 bits per heavy atom. The van der Waals surface area contributed by atoms with Crippen molar-refractivity contribution in [3.8, 4) is 0 Å². The minimum atomic E-state index is 0.461. The van der Waals surface area contributed by atoms with Gasteiger partial charge in [0, 0.05) is 18.0 Å². The van der Waals surface area contributed by atoms with Crippen LogP contribution in [0.2, 0.25) is 0 Å². The third kappa shape index (κ3) is 3.14. The summed E-state index contributed by atoms with van der Waals surface area (Å²) in [7, 11) is 0. The SMILES string of the molecule is CC(C)NCc1nn(Cc2ccccc2)c2ccccc12. The second kappa shape index (κ2) is 6.10. The summed E-state index contributed by atoms with van der Waals surface area (Å²) in [4.78, 5) is 0. The average Bonchev–Trinajstić information content (AvgIpc) is 2.85. The summed E-state index contributed by atoms with van der Waals surface area (Å²) >= 11 is 0. The first-order valence-electron chi connectivity index (χ1n) is 7.46. The van der Waals surface area contributed by atoms with E-state index in [1.807, 2.05) is 6.07 Å². The second-order valence-corrected chi connectivity index (χ2v) is 5.64. The second-order valence-electron chi connectivity index (χ2n) is 5.64. The lowest BCUT2D eigenvalue weighted by Gasteiger charge is -2.05. The molecule has 0 saturated heterocycles. The maximum Gasteiger partial charge on any atom is 0.0841 e. The number of fused-ring (bicyclic) bond motifs is 1. The quantitative estimate of drug-likeness (QED) is 0.773. The lowest BCUT2D eigenvalue weighted by molar-refractivity contribution is 0.573. The van der Waals surface area contributed by atoms with Gasteiger partial charge in [-0.2, -0.15) is 5.10 Å². The first-order valence-corrected chi connectivity index (χ1v) is 7.46. The summed E-state index contributed by atoms with van der Waals surface area (Å²) in [5.74, 6) is 0. The van der Waals surface area contributed by atoms with Crippen molar-refractivity contribution in [2.24, 2.45) is 0 Å². The fraction of sp³-hybridized carbons (Fsp3) is 0.278. The molecule has 21 heavy (non-hydrogen) atoms. The van der Waals surface area contributed by atoms with Crippen molar-refractivity contribution >= 4 is 10.9 Å². The van der Waals surface area contributed by atoms with Crippen molar-refractivity contribution in [2.75, 3.05) is 0 Å². The van der Waals surface area contributed by atoms with E-state index in [0.29, 0.717) is 6.04 Å². The highest BCUT2D eigenvalue weighted by atomic mass is 15.3. The highest BCUT2D eigenvalue weighted by Gasteiger charge is 2.10. The fourth-order valence-corrected chi connectivity index (χ4v) is 2.50. The van der Waals surface area contributed by atoms with E-state index < -0.39 is 0 Å². The zero-order valence-corrected chi connectivity index (χ0v) is 12.6. The summed E-state index contributed by atoms with van der Waals surface area (Å²) in [6.07, 6.45) is 0. The Labute approximate surface area is 125 Å². The van der Waals surface area contributed by atoms with Crippen LogP contribution in [0.25, 0.3) is 10.9 Å². The van der Waals surface area contributed by atoms with E-state index in [1.54, 1.807) is 0 Å². The smallest absolute Gasteiger partial charge is 0.0841 e. The topological polar surface area (TPSA) is 29.9 Å². The van der Waals surface area contributed by atoms with Crippen LogP contribution in [-0.4, -0.2) is 15.8 Å². The van der Waals surface area contributed by atoms with Gasteiger partial charge in [-0.15, -0.1) is 0 Å². The van der Waals surface area contributed by atoms with Crippen LogP contribution in [0.3, 0.4) is 0 Å². The molecule has 108 valence electrons. The van der Waals surface area contributed by atoms with Crippen molar-refractivity contribution in [3.05, 3.63) is 65.9 Å². The van der Waals surface area contributed by atoms with Crippen molar-refractivity contribution in [3.63, 3.8) is 0 Å². The first kappa shape index (κ1) is 13.8. The molecule has 1 heterocycles. The molecule has 3 nitrogen and oxygen atoms in total. The number of hydrogen-bond donors (Lipinski definition) is 1. The number of aromatic nitrogens is 2. The molecule has 0 amide bonds. The zero-order chi connectivity index (χ0) is 14.7. The van der Waals surface area contributed by atoms with E-state index >= 15 is 0 Å². The molecule has 3 heteroatoms. The van der Waals surface area contributed by atoms with Crippen LogP contribution in [0.1, 0.15) is 25.1 Å². The number of para-hydroxylation sites is 1. The van der Waals surface area contributed by atoms with Crippen LogP contribution in [0.5, 0.6) is 0 Å². The van der Waals surface area contributed by atoms with Crippen LogP contribution in [-0.2, 0) is 13.1 Å². The lowest BCUT2D eigenvalue weighted by Crippen LogP contribution is -2.22. The molecule has 0 atom stereocenters. The van der Waals surface area contributed by atoms with E-state index in [4.69, 9.17) is 5.10 Å². The monoisotopic (exact) mass is 279 g/mol. The maximum atomic E-state index is 4.81. The van der Waals surface area contributed by atoms with E-state index in [-0.39, 0.29) is 0 Å².